The van der Waals surface area contributed by atoms with Crippen LogP contribution in [-0.4, -0.2) is 46.9 Å². The van der Waals surface area contributed by atoms with Crippen molar-refractivity contribution in [1.29, 1.82) is 0 Å². The first-order valence-electron chi connectivity index (χ1n) is 9.79. The molecule has 0 saturated carbocycles. The topological polar surface area (TPSA) is 149 Å². The normalized spacial score (nSPS) is 12.0. The lowest BCUT2D eigenvalue weighted by atomic mass is 10.3. The van der Waals surface area contributed by atoms with Crippen molar-refractivity contribution >= 4 is 44.5 Å². The fraction of sp³-hybridized carbons (Fsp3) is 0.250. The summed E-state index contributed by atoms with van der Waals surface area (Å²) in [7, 11) is -2.13. The number of nitrogens with zero attached hydrogens (tertiary/aromatic N) is 6. The van der Waals surface area contributed by atoms with E-state index in [0.717, 1.165) is 0 Å². The molecule has 174 valence electrons. The maximum Gasteiger partial charge on any atom is 0.269 e. The monoisotopic (exact) mass is 491 g/mol. The Morgan fingerprint density at radius 1 is 1.15 bits per heavy atom. The summed E-state index contributed by atoms with van der Waals surface area (Å²) in [5.74, 6) is 0.591. The number of benzene rings is 2. The molecule has 3 aromatic rings. The van der Waals surface area contributed by atoms with Gasteiger partial charge in [-0.2, -0.15) is 10.2 Å². The number of sulfonamides is 1. The van der Waals surface area contributed by atoms with E-state index in [9.17, 15) is 18.5 Å². The molecule has 1 aromatic heterocycles. The molecule has 0 fully saturated rings. The van der Waals surface area contributed by atoms with Crippen molar-refractivity contribution in [3.05, 3.63) is 64.3 Å². The van der Waals surface area contributed by atoms with Crippen LogP contribution in [0.2, 0.25) is 0 Å². The van der Waals surface area contributed by atoms with E-state index < -0.39 is 14.9 Å². The standard InChI is InChI=1S/C20H22ClN7O4S/c1-14-19(24-23-15-4-6-17(7-5-15)28(29)30)20(22)27(25-14)16-8-10-18(11-9-16)33(31,32)26(2)13-3-12-21/h4-11H,3,12-13,22H2,1-2H3. The SMILES string of the molecule is Cc1nn(-c2ccc(S(=O)(=O)N(C)CCCCl)cc2)c(N)c1N=Nc1ccc([N+](=O)[O-])cc1. The molecule has 2 N–H and O–H groups in total. The number of alkyl halides is 1. The minimum Gasteiger partial charge on any atom is -0.382 e. The van der Waals surface area contributed by atoms with Gasteiger partial charge in [-0.25, -0.2) is 17.4 Å². The van der Waals surface area contributed by atoms with Gasteiger partial charge in [0.1, 0.15) is 0 Å². The Morgan fingerprint density at radius 3 is 2.36 bits per heavy atom. The molecular weight excluding hydrogens is 470 g/mol. The Morgan fingerprint density at radius 2 is 1.79 bits per heavy atom. The zero-order valence-electron chi connectivity index (χ0n) is 17.9. The van der Waals surface area contributed by atoms with Gasteiger partial charge in [0.15, 0.2) is 11.5 Å². The van der Waals surface area contributed by atoms with Crippen LogP contribution in [0.3, 0.4) is 0 Å². The Hall–Kier alpha value is -3.35. The van der Waals surface area contributed by atoms with E-state index in [1.165, 1.54) is 52.4 Å². The fourth-order valence-corrected chi connectivity index (χ4v) is 4.28. The average molecular weight is 492 g/mol. The molecule has 2 aromatic carbocycles. The summed E-state index contributed by atoms with van der Waals surface area (Å²) in [4.78, 5) is 10.4. The molecule has 1 heterocycles. The van der Waals surface area contributed by atoms with Gasteiger partial charge in [-0.3, -0.25) is 10.1 Å². The molecule has 33 heavy (non-hydrogen) atoms. The molecule has 0 spiro atoms. The van der Waals surface area contributed by atoms with E-state index >= 15 is 0 Å². The Kier molecular flexibility index (Phi) is 7.41. The van der Waals surface area contributed by atoms with E-state index in [2.05, 4.69) is 15.3 Å². The van der Waals surface area contributed by atoms with Crippen LogP contribution < -0.4 is 5.73 Å². The molecule has 0 aliphatic heterocycles. The molecule has 0 unspecified atom stereocenters. The summed E-state index contributed by atoms with van der Waals surface area (Å²) in [6.45, 7) is 2.03. The second kappa shape index (κ2) is 10.1. The van der Waals surface area contributed by atoms with Crippen LogP contribution in [0.25, 0.3) is 5.69 Å². The number of nitrogens with two attached hydrogens (primary N) is 1. The number of halogens is 1. The van der Waals surface area contributed by atoms with Crippen molar-refractivity contribution in [3.63, 3.8) is 0 Å². The number of nitro groups is 1. The lowest BCUT2D eigenvalue weighted by Crippen LogP contribution is -2.28. The molecule has 0 saturated heterocycles. The Balaban J connectivity index is 1.84. The number of nitro benzene ring substituents is 1. The highest BCUT2D eigenvalue weighted by atomic mass is 35.5. The van der Waals surface area contributed by atoms with Gasteiger partial charge in [0, 0.05) is 31.6 Å². The van der Waals surface area contributed by atoms with Crippen LogP contribution >= 0.6 is 11.6 Å². The number of non-ortho nitro benzene ring substituents is 1. The van der Waals surface area contributed by atoms with Crippen LogP contribution in [0.4, 0.5) is 22.9 Å². The maximum absolute atomic E-state index is 12.7. The van der Waals surface area contributed by atoms with Gasteiger partial charge < -0.3 is 5.73 Å². The molecule has 0 aliphatic carbocycles. The first-order chi connectivity index (χ1) is 15.6. The number of rotatable bonds is 9. The lowest BCUT2D eigenvalue weighted by molar-refractivity contribution is -0.384. The highest BCUT2D eigenvalue weighted by molar-refractivity contribution is 7.89. The number of hydrogen-bond donors (Lipinski definition) is 1. The smallest absolute Gasteiger partial charge is 0.269 e. The highest BCUT2D eigenvalue weighted by Crippen LogP contribution is 2.31. The third kappa shape index (κ3) is 5.35. The second-order valence-corrected chi connectivity index (χ2v) is 9.49. The minimum atomic E-state index is -3.63. The van der Waals surface area contributed by atoms with Crippen molar-refractivity contribution in [2.45, 2.75) is 18.2 Å². The predicted molar refractivity (Wildman–Crippen MR) is 125 cm³/mol. The number of nitrogen functional groups attached to an aromatic ring is 1. The summed E-state index contributed by atoms with van der Waals surface area (Å²) in [6.07, 6.45) is 0.551. The van der Waals surface area contributed by atoms with E-state index in [1.807, 2.05) is 0 Å². The molecule has 0 bridgehead atoms. The van der Waals surface area contributed by atoms with Crippen LogP contribution in [0.5, 0.6) is 0 Å². The average Bonchev–Trinajstić information content (AvgIpc) is 3.09. The van der Waals surface area contributed by atoms with Crippen molar-refractivity contribution < 1.29 is 13.3 Å². The number of azo groups is 1. The highest BCUT2D eigenvalue weighted by Gasteiger charge is 2.21. The van der Waals surface area contributed by atoms with Gasteiger partial charge in [0.25, 0.3) is 5.69 Å². The summed E-state index contributed by atoms with van der Waals surface area (Å²) in [5.41, 5.74) is 7.98. The van der Waals surface area contributed by atoms with Gasteiger partial charge in [-0.05, 0) is 49.7 Å². The van der Waals surface area contributed by atoms with Crippen LogP contribution in [0.15, 0.2) is 63.7 Å². The van der Waals surface area contributed by atoms with E-state index in [1.54, 1.807) is 19.1 Å². The molecule has 0 atom stereocenters. The van der Waals surface area contributed by atoms with E-state index in [0.29, 0.717) is 41.6 Å². The molecule has 3 rings (SSSR count). The van der Waals surface area contributed by atoms with Crippen molar-refractivity contribution in [1.82, 2.24) is 14.1 Å². The number of aromatic nitrogens is 2. The molecule has 13 heteroatoms. The second-order valence-electron chi connectivity index (χ2n) is 7.07. The Labute approximate surface area is 195 Å². The summed E-state index contributed by atoms with van der Waals surface area (Å²) >= 11 is 5.65. The van der Waals surface area contributed by atoms with Gasteiger partial charge >= 0.3 is 0 Å². The quantitative estimate of drug-likeness (QED) is 0.203. The maximum atomic E-state index is 12.7. The van der Waals surface area contributed by atoms with Crippen LogP contribution in [-0.2, 0) is 10.0 Å². The third-order valence-corrected chi connectivity index (χ3v) is 6.92. The minimum absolute atomic E-state index is 0.0480. The van der Waals surface area contributed by atoms with E-state index in [-0.39, 0.29) is 16.4 Å². The van der Waals surface area contributed by atoms with Gasteiger partial charge in [-0.1, -0.05) is 0 Å². The largest absolute Gasteiger partial charge is 0.382 e. The van der Waals surface area contributed by atoms with Crippen LogP contribution in [0.1, 0.15) is 12.1 Å². The lowest BCUT2D eigenvalue weighted by Gasteiger charge is -2.16. The van der Waals surface area contributed by atoms with Gasteiger partial charge in [0.05, 0.1) is 26.9 Å². The zero-order valence-corrected chi connectivity index (χ0v) is 19.5. The first-order valence-corrected chi connectivity index (χ1v) is 11.8. The predicted octanol–water partition coefficient (Wildman–Crippen LogP) is 4.34. The van der Waals surface area contributed by atoms with Crippen molar-refractivity contribution in [2.75, 3.05) is 25.2 Å². The van der Waals surface area contributed by atoms with E-state index in [4.69, 9.17) is 17.3 Å². The first kappa shape index (κ1) is 24.3. The Bertz CT molecular complexity index is 1270. The molecule has 0 radical (unpaired) electrons. The third-order valence-electron chi connectivity index (χ3n) is 4.79. The summed E-state index contributed by atoms with van der Waals surface area (Å²) < 4.78 is 28.0. The zero-order chi connectivity index (χ0) is 24.2. The van der Waals surface area contributed by atoms with Gasteiger partial charge in [-0.15, -0.1) is 16.7 Å². The molecular formula is C20H22ClN7O4S. The van der Waals surface area contributed by atoms with Crippen LogP contribution in [0, 0.1) is 17.0 Å². The van der Waals surface area contributed by atoms with Crippen molar-refractivity contribution in [2.24, 2.45) is 10.2 Å². The molecule has 11 nitrogen and oxygen atoms in total. The fourth-order valence-electron chi connectivity index (χ4n) is 2.95. The van der Waals surface area contributed by atoms with Gasteiger partial charge in [0.2, 0.25) is 10.0 Å². The molecule has 0 aliphatic rings. The summed E-state index contributed by atoms with van der Waals surface area (Å²) in [5, 5.41) is 23.3. The number of anilines is 1. The number of hydrogen-bond acceptors (Lipinski definition) is 8. The number of aryl methyl sites for hydroxylation is 1. The summed E-state index contributed by atoms with van der Waals surface area (Å²) in [6, 6.07) is 11.8. The molecule has 0 amide bonds. The van der Waals surface area contributed by atoms with Crippen molar-refractivity contribution in [3.8, 4) is 5.69 Å².